The van der Waals surface area contributed by atoms with Crippen molar-refractivity contribution in [3.8, 4) is 11.9 Å². The lowest BCUT2D eigenvalue weighted by Crippen LogP contribution is -1.96. The second-order valence-corrected chi connectivity index (χ2v) is 4.65. The Hall–Kier alpha value is -2.19. The molecule has 86 valence electrons. The summed E-state index contributed by atoms with van der Waals surface area (Å²) in [6, 6.07) is 9.62. The predicted octanol–water partition coefficient (Wildman–Crippen LogP) is 3.05. The van der Waals surface area contributed by atoms with Crippen molar-refractivity contribution in [2.24, 2.45) is 0 Å². The van der Waals surface area contributed by atoms with Crippen LogP contribution in [0, 0.1) is 11.3 Å². The van der Waals surface area contributed by atoms with E-state index < -0.39 is 0 Å². The molecule has 0 radical (unpaired) electrons. The van der Waals surface area contributed by atoms with E-state index in [9.17, 15) is 0 Å². The third-order valence-electron chi connectivity index (χ3n) is 2.64. The van der Waals surface area contributed by atoms with Gasteiger partial charge in [-0.15, -0.1) is 0 Å². The van der Waals surface area contributed by atoms with Crippen molar-refractivity contribution < 1.29 is 0 Å². The lowest BCUT2D eigenvalue weighted by atomic mass is 10.2. The summed E-state index contributed by atoms with van der Waals surface area (Å²) < 4.78 is 2.75. The molecule has 0 aliphatic carbocycles. The molecule has 0 atom stereocenters. The summed E-state index contributed by atoms with van der Waals surface area (Å²) in [6.45, 7) is 0. The highest BCUT2D eigenvalue weighted by atomic mass is 79.9. The lowest BCUT2D eigenvalue weighted by Gasteiger charge is -2.03. The molecule has 4 nitrogen and oxygen atoms in total. The minimum Gasteiger partial charge on any atom is -0.284 e. The zero-order chi connectivity index (χ0) is 12.5. The molecule has 0 spiro atoms. The van der Waals surface area contributed by atoms with Gasteiger partial charge in [-0.25, -0.2) is 9.97 Å². The van der Waals surface area contributed by atoms with Crippen molar-refractivity contribution in [3.63, 3.8) is 0 Å². The van der Waals surface area contributed by atoms with Crippen LogP contribution in [-0.4, -0.2) is 14.5 Å². The van der Waals surface area contributed by atoms with Crippen molar-refractivity contribution >= 4 is 27.0 Å². The molecule has 0 amide bonds. The van der Waals surface area contributed by atoms with Crippen molar-refractivity contribution in [1.82, 2.24) is 14.5 Å². The van der Waals surface area contributed by atoms with Gasteiger partial charge < -0.3 is 0 Å². The van der Waals surface area contributed by atoms with E-state index in [0.29, 0.717) is 5.56 Å². The summed E-state index contributed by atoms with van der Waals surface area (Å²) in [5.41, 5.74) is 1.33. The van der Waals surface area contributed by atoms with Crippen LogP contribution in [-0.2, 0) is 0 Å². The van der Waals surface area contributed by atoms with Gasteiger partial charge in [0, 0.05) is 28.4 Å². The molecule has 0 aromatic carbocycles. The standard InChI is InChI=1S/C13H7BrN4/c14-10-3-5-16-12(6-10)18-8-9(7-15)11-2-1-4-17-13(11)18/h1-6,8H. The van der Waals surface area contributed by atoms with Crippen molar-refractivity contribution in [3.05, 3.63) is 52.9 Å². The maximum Gasteiger partial charge on any atom is 0.146 e. The molecule has 0 aliphatic rings. The average molecular weight is 299 g/mol. The van der Waals surface area contributed by atoms with Crippen molar-refractivity contribution in [2.45, 2.75) is 0 Å². The molecule has 3 heterocycles. The highest BCUT2D eigenvalue weighted by Crippen LogP contribution is 2.22. The molecule has 3 aromatic heterocycles. The van der Waals surface area contributed by atoms with E-state index in [4.69, 9.17) is 5.26 Å². The van der Waals surface area contributed by atoms with Gasteiger partial charge in [0.25, 0.3) is 0 Å². The minimum atomic E-state index is 0.597. The first kappa shape index (κ1) is 10.9. The van der Waals surface area contributed by atoms with Crippen LogP contribution in [0.2, 0.25) is 0 Å². The van der Waals surface area contributed by atoms with Crippen LogP contribution >= 0.6 is 15.9 Å². The molecular formula is C13H7BrN4. The lowest BCUT2D eigenvalue weighted by molar-refractivity contribution is 1.02. The van der Waals surface area contributed by atoms with Gasteiger partial charge in [0.05, 0.1) is 5.56 Å². The van der Waals surface area contributed by atoms with Crippen LogP contribution in [0.15, 0.2) is 47.3 Å². The molecule has 5 heteroatoms. The summed E-state index contributed by atoms with van der Waals surface area (Å²) in [4.78, 5) is 8.60. The zero-order valence-electron chi connectivity index (χ0n) is 9.21. The predicted molar refractivity (Wildman–Crippen MR) is 71.3 cm³/mol. The molecule has 3 aromatic rings. The van der Waals surface area contributed by atoms with E-state index in [2.05, 4.69) is 32.0 Å². The van der Waals surface area contributed by atoms with E-state index in [0.717, 1.165) is 21.3 Å². The monoisotopic (exact) mass is 298 g/mol. The van der Waals surface area contributed by atoms with Crippen LogP contribution in [0.25, 0.3) is 16.9 Å². The summed E-state index contributed by atoms with van der Waals surface area (Å²) in [5, 5.41) is 9.96. The topological polar surface area (TPSA) is 54.5 Å². The maximum absolute atomic E-state index is 9.13. The highest BCUT2D eigenvalue weighted by Gasteiger charge is 2.10. The fourth-order valence-electron chi connectivity index (χ4n) is 1.85. The maximum atomic E-state index is 9.13. The van der Waals surface area contributed by atoms with Crippen LogP contribution in [0.3, 0.4) is 0 Å². The largest absolute Gasteiger partial charge is 0.284 e. The Kier molecular flexibility index (Phi) is 2.58. The van der Waals surface area contributed by atoms with Gasteiger partial charge in [0.1, 0.15) is 17.5 Å². The van der Waals surface area contributed by atoms with Crippen LogP contribution in [0.1, 0.15) is 5.56 Å². The third-order valence-corrected chi connectivity index (χ3v) is 3.13. The molecule has 0 unspecified atom stereocenters. The normalized spacial score (nSPS) is 10.4. The van der Waals surface area contributed by atoms with Gasteiger partial charge >= 0.3 is 0 Å². The van der Waals surface area contributed by atoms with Gasteiger partial charge in [-0.1, -0.05) is 15.9 Å². The first-order chi connectivity index (χ1) is 8.79. The molecule has 0 aliphatic heterocycles. The van der Waals surface area contributed by atoms with Gasteiger partial charge in [-0.2, -0.15) is 5.26 Å². The number of nitriles is 1. The van der Waals surface area contributed by atoms with Gasteiger partial charge in [-0.05, 0) is 24.3 Å². The zero-order valence-corrected chi connectivity index (χ0v) is 10.8. The van der Waals surface area contributed by atoms with Crippen LogP contribution in [0.4, 0.5) is 0 Å². The Morgan fingerprint density at radius 1 is 1.22 bits per heavy atom. The van der Waals surface area contributed by atoms with Gasteiger partial charge in [-0.3, -0.25) is 4.57 Å². The Balaban J connectivity index is 2.34. The third kappa shape index (κ3) is 1.67. The number of hydrogen-bond donors (Lipinski definition) is 0. The number of nitrogens with zero attached hydrogens (tertiary/aromatic N) is 4. The molecule has 0 N–H and O–H groups in total. The van der Waals surface area contributed by atoms with Crippen molar-refractivity contribution in [1.29, 1.82) is 5.26 Å². The fourth-order valence-corrected chi connectivity index (χ4v) is 2.17. The number of rotatable bonds is 1. The van der Waals surface area contributed by atoms with E-state index in [1.807, 2.05) is 28.8 Å². The van der Waals surface area contributed by atoms with Crippen LogP contribution < -0.4 is 0 Å². The number of halogens is 1. The molecule has 0 saturated carbocycles. The summed E-state index contributed by atoms with van der Waals surface area (Å²) in [5.74, 6) is 0.731. The molecular weight excluding hydrogens is 292 g/mol. The van der Waals surface area contributed by atoms with Gasteiger partial charge in [0.15, 0.2) is 0 Å². The van der Waals surface area contributed by atoms with E-state index in [1.54, 1.807) is 18.6 Å². The Bertz CT molecular complexity index is 770. The fraction of sp³-hybridized carbons (Fsp3) is 0. The number of aromatic nitrogens is 3. The minimum absolute atomic E-state index is 0.597. The second kappa shape index (κ2) is 4.24. The first-order valence-corrected chi connectivity index (χ1v) is 6.07. The first-order valence-electron chi connectivity index (χ1n) is 5.27. The number of hydrogen-bond acceptors (Lipinski definition) is 3. The number of pyridine rings is 2. The SMILES string of the molecule is N#Cc1cn(-c2cc(Br)ccn2)c2ncccc12. The molecule has 0 fully saturated rings. The van der Waals surface area contributed by atoms with Crippen molar-refractivity contribution in [2.75, 3.05) is 0 Å². The quantitative estimate of drug-likeness (QED) is 0.694. The summed E-state index contributed by atoms with van der Waals surface area (Å²) >= 11 is 3.41. The Morgan fingerprint density at radius 2 is 2.11 bits per heavy atom. The van der Waals surface area contributed by atoms with Crippen LogP contribution in [0.5, 0.6) is 0 Å². The summed E-state index contributed by atoms with van der Waals surface area (Å²) in [7, 11) is 0. The molecule has 18 heavy (non-hydrogen) atoms. The Labute approximate surface area is 112 Å². The average Bonchev–Trinajstić information content (AvgIpc) is 2.77. The van der Waals surface area contributed by atoms with Gasteiger partial charge in [0.2, 0.25) is 0 Å². The highest BCUT2D eigenvalue weighted by molar-refractivity contribution is 9.10. The van der Waals surface area contributed by atoms with E-state index >= 15 is 0 Å². The molecule has 0 saturated heterocycles. The number of fused-ring (bicyclic) bond motifs is 1. The van der Waals surface area contributed by atoms with E-state index in [1.165, 1.54) is 0 Å². The van der Waals surface area contributed by atoms with E-state index in [-0.39, 0.29) is 0 Å². The molecule has 0 bridgehead atoms. The smallest absolute Gasteiger partial charge is 0.146 e. The Morgan fingerprint density at radius 3 is 2.89 bits per heavy atom. The second-order valence-electron chi connectivity index (χ2n) is 3.73. The molecule has 3 rings (SSSR count). The summed E-state index contributed by atoms with van der Waals surface area (Å²) in [6.07, 6.45) is 5.17.